The van der Waals surface area contributed by atoms with Crippen LogP contribution in [0, 0.1) is 0 Å². The molecule has 0 aromatic carbocycles. The van der Waals surface area contributed by atoms with E-state index in [4.69, 9.17) is 10.5 Å². The number of hydrogen-bond acceptors (Lipinski definition) is 3. The van der Waals surface area contributed by atoms with Crippen molar-refractivity contribution >= 4 is 6.09 Å². The smallest absolute Gasteiger partial charge is 0.407 e. The van der Waals surface area contributed by atoms with Gasteiger partial charge in [-0.3, -0.25) is 0 Å². The average Bonchev–Trinajstić information content (AvgIpc) is 2.30. The lowest BCUT2D eigenvalue weighted by atomic mass is 9.93. The monoisotopic (exact) mass is 240 g/mol. The molecule has 4 nitrogen and oxygen atoms in total. The van der Waals surface area contributed by atoms with Crippen molar-refractivity contribution in [1.29, 1.82) is 0 Å². The van der Waals surface area contributed by atoms with E-state index in [0.29, 0.717) is 6.04 Å². The zero-order valence-corrected chi connectivity index (χ0v) is 10.5. The number of alkyl carbamates (subject to hydrolysis) is 1. The third kappa shape index (κ3) is 4.19. The fraction of sp³-hybridized carbons (Fsp3) is 0.923. The minimum absolute atomic E-state index is 0.0299. The van der Waals surface area contributed by atoms with Crippen molar-refractivity contribution in [3.63, 3.8) is 0 Å². The number of nitrogens with one attached hydrogen (secondary N) is 1. The molecule has 0 spiro atoms. The van der Waals surface area contributed by atoms with Gasteiger partial charge in [-0.05, 0) is 38.5 Å². The first-order chi connectivity index (χ1) is 8.24. The van der Waals surface area contributed by atoms with Crippen molar-refractivity contribution in [1.82, 2.24) is 5.32 Å². The van der Waals surface area contributed by atoms with Gasteiger partial charge in [0.15, 0.2) is 0 Å². The molecule has 17 heavy (non-hydrogen) atoms. The van der Waals surface area contributed by atoms with Crippen LogP contribution in [0.5, 0.6) is 0 Å². The largest absolute Gasteiger partial charge is 0.446 e. The zero-order valence-electron chi connectivity index (χ0n) is 10.5. The van der Waals surface area contributed by atoms with Gasteiger partial charge in [0.1, 0.15) is 6.10 Å². The Bertz CT molecular complexity index is 252. The summed E-state index contributed by atoms with van der Waals surface area (Å²) in [6, 6.07) is 0.532. The number of carbonyl (C=O) groups is 1. The van der Waals surface area contributed by atoms with E-state index in [1.54, 1.807) is 0 Å². The van der Waals surface area contributed by atoms with Crippen molar-refractivity contribution < 1.29 is 9.53 Å². The molecule has 2 atom stereocenters. The molecule has 98 valence electrons. The summed E-state index contributed by atoms with van der Waals surface area (Å²) in [7, 11) is 0. The van der Waals surface area contributed by atoms with Crippen LogP contribution in [-0.4, -0.2) is 24.3 Å². The Kier molecular flexibility index (Phi) is 4.66. The van der Waals surface area contributed by atoms with Crippen LogP contribution >= 0.6 is 0 Å². The molecule has 2 fully saturated rings. The summed E-state index contributed by atoms with van der Waals surface area (Å²) in [6.45, 7) is 0. The first-order valence-electron chi connectivity index (χ1n) is 6.97. The SMILES string of the molecule is NC1CCCC(OC(=O)NC2CCCCC2)C1. The van der Waals surface area contributed by atoms with Gasteiger partial charge >= 0.3 is 6.09 Å². The zero-order chi connectivity index (χ0) is 12.1. The first kappa shape index (κ1) is 12.7. The summed E-state index contributed by atoms with van der Waals surface area (Å²) < 4.78 is 5.43. The second kappa shape index (κ2) is 6.24. The van der Waals surface area contributed by atoms with E-state index in [-0.39, 0.29) is 18.2 Å². The molecule has 0 bridgehead atoms. The molecule has 2 aliphatic rings. The van der Waals surface area contributed by atoms with Crippen LogP contribution in [0.2, 0.25) is 0 Å². The highest BCUT2D eigenvalue weighted by Crippen LogP contribution is 2.21. The topological polar surface area (TPSA) is 64.3 Å². The van der Waals surface area contributed by atoms with Gasteiger partial charge < -0.3 is 15.8 Å². The van der Waals surface area contributed by atoms with E-state index < -0.39 is 0 Å². The Labute approximate surface area is 103 Å². The molecular formula is C13H24N2O2. The summed E-state index contributed by atoms with van der Waals surface area (Å²) in [5.41, 5.74) is 5.87. The molecule has 0 aliphatic heterocycles. The van der Waals surface area contributed by atoms with Crippen molar-refractivity contribution in [2.24, 2.45) is 5.73 Å². The van der Waals surface area contributed by atoms with Gasteiger partial charge in [0, 0.05) is 12.1 Å². The van der Waals surface area contributed by atoms with Gasteiger partial charge in [0.2, 0.25) is 0 Å². The number of rotatable bonds is 2. The number of amides is 1. The molecular weight excluding hydrogens is 216 g/mol. The van der Waals surface area contributed by atoms with E-state index >= 15 is 0 Å². The molecule has 0 aromatic heterocycles. The summed E-state index contributed by atoms with van der Waals surface area (Å²) >= 11 is 0. The Morgan fingerprint density at radius 1 is 1.06 bits per heavy atom. The number of carbonyl (C=O) groups excluding carboxylic acids is 1. The molecule has 0 heterocycles. The first-order valence-corrected chi connectivity index (χ1v) is 6.97. The van der Waals surface area contributed by atoms with Gasteiger partial charge in [0.05, 0.1) is 0 Å². The lowest BCUT2D eigenvalue weighted by Gasteiger charge is -2.28. The third-order valence-corrected chi connectivity index (χ3v) is 3.87. The molecule has 0 radical (unpaired) electrons. The molecule has 0 aromatic rings. The quantitative estimate of drug-likeness (QED) is 0.778. The average molecular weight is 240 g/mol. The highest BCUT2D eigenvalue weighted by molar-refractivity contribution is 5.67. The summed E-state index contributed by atoms with van der Waals surface area (Å²) in [5, 5.41) is 2.98. The van der Waals surface area contributed by atoms with E-state index in [0.717, 1.165) is 38.5 Å². The summed E-state index contributed by atoms with van der Waals surface area (Å²) in [5.74, 6) is 0. The van der Waals surface area contributed by atoms with Gasteiger partial charge in [0.25, 0.3) is 0 Å². The highest BCUT2D eigenvalue weighted by atomic mass is 16.6. The lowest BCUT2D eigenvalue weighted by Crippen LogP contribution is -2.40. The third-order valence-electron chi connectivity index (χ3n) is 3.87. The fourth-order valence-electron chi connectivity index (χ4n) is 2.89. The highest BCUT2D eigenvalue weighted by Gasteiger charge is 2.24. The molecule has 0 saturated heterocycles. The standard InChI is InChI=1S/C13H24N2O2/c14-10-5-4-8-12(9-10)17-13(16)15-11-6-2-1-3-7-11/h10-12H,1-9,14H2,(H,15,16). The lowest BCUT2D eigenvalue weighted by molar-refractivity contribution is 0.0669. The summed E-state index contributed by atoms with van der Waals surface area (Å²) in [4.78, 5) is 11.7. The summed E-state index contributed by atoms with van der Waals surface area (Å²) in [6.07, 6.45) is 9.64. The maximum absolute atomic E-state index is 11.7. The minimum atomic E-state index is -0.240. The Balaban J connectivity index is 1.68. The van der Waals surface area contributed by atoms with Crippen molar-refractivity contribution in [2.45, 2.75) is 76.0 Å². The normalized spacial score (nSPS) is 30.9. The second-order valence-electron chi connectivity index (χ2n) is 5.43. The van der Waals surface area contributed by atoms with Crippen molar-refractivity contribution in [3.05, 3.63) is 0 Å². The van der Waals surface area contributed by atoms with Crippen LogP contribution in [0.25, 0.3) is 0 Å². The number of ether oxygens (including phenoxy) is 1. The van der Waals surface area contributed by atoms with Crippen molar-refractivity contribution in [2.75, 3.05) is 0 Å². The van der Waals surface area contributed by atoms with Crippen molar-refractivity contribution in [3.8, 4) is 0 Å². The van der Waals surface area contributed by atoms with Crippen LogP contribution in [0.1, 0.15) is 57.8 Å². The van der Waals surface area contributed by atoms with E-state index in [9.17, 15) is 4.79 Å². The maximum atomic E-state index is 11.7. The molecule has 1 amide bonds. The maximum Gasteiger partial charge on any atom is 0.407 e. The molecule has 3 N–H and O–H groups in total. The van der Waals surface area contributed by atoms with Crippen LogP contribution in [0.3, 0.4) is 0 Å². The molecule has 2 saturated carbocycles. The second-order valence-corrected chi connectivity index (χ2v) is 5.43. The Morgan fingerprint density at radius 2 is 1.82 bits per heavy atom. The van der Waals surface area contributed by atoms with Crippen LogP contribution in [0.15, 0.2) is 0 Å². The van der Waals surface area contributed by atoms with E-state index in [1.807, 2.05) is 0 Å². The van der Waals surface area contributed by atoms with E-state index in [2.05, 4.69) is 5.32 Å². The molecule has 4 heteroatoms. The number of hydrogen-bond donors (Lipinski definition) is 2. The Morgan fingerprint density at radius 3 is 2.53 bits per heavy atom. The predicted molar refractivity (Wildman–Crippen MR) is 66.7 cm³/mol. The van der Waals surface area contributed by atoms with Crippen LogP contribution in [0.4, 0.5) is 4.79 Å². The molecule has 2 unspecified atom stereocenters. The van der Waals surface area contributed by atoms with Crippen LogP contribution in [-0.2, 0) is 4.74 Å². The van der Waals surface area contributed by atoms with Gasteiger partial charge in [-0.25, -0.2) is 4.79 Å². The van der Waals surface area contributed by atoms with Crippen LogP contribution < -0.4 is 11.1 Å². The molecule has 2 rings (SSSR count). The van der Waals surface area contributed by atoms with Gasteiger partial charge in [-0.2, -0.15) is 0 Å². The van der Waals surface area contributed by atoms with Gasteiger partial charge in [-0.1, -0.05) is 19.3 Å². The van der Waals surface area contributed by atoms with Gasteiger partial charge in [-0.15, -0.1) is 0 Å². The van der Waals surface area contributed by atoms with E-state index in [1.165, 1.54) is 19.3 Å². The Hall–Kier alpha value is -0.770. The predicted octanol–water partition coefficient (Wildman–Crippen LogP) is 2.32. The molecule has 2 aliphatic carbocycles. The minimum Gasteiger partial charge on any atom is -0.446 e. The fourth-order valence-corrected chi connectivity index (χ4v) is 2.89. The number of nitrogens with two attached hydrogens (primary N) is 1.